The summed E-state index contributed by atoms with van der Waals surface area (Å²) in [6.07, 6.45) is 7.10. The summed E-state index contributed by atoms with van der Waals surface area (Å²) in [7, 11) is 0. The van der Waals surface area contributed by atoms with Gasteiger partial charge in [-0.2, -0.15) is 0 Å². The van der Waals surface area contributed by atoms with Crippen LogP contribution in [0.2, 0.25) is 0 Å². The fourth-order valence-corrected chi connectivity index (χ4v) is 3.80. The summed E-state index contributed by atoms with van der Waals surface area (Å²) in [5, 5.41) is 12.8. The third-order valence-electron chi connectivity index (χ3n) is 4.39. The lowest BCUT2D eigenvalue weighted by Crippen LogP contribution is -2.45. The Balaban J connectivity index is 1.53. The molecule has 3 aromatic rings. The number of aromatic nitrogens is 4. The van der Waals surface area contributed by atoms with Crippen molar-refractivity contribution in [2.75, 3.05) is 11.1 Å². The molecule has 3 heterocycles. The maximum Gasteiger partial charge on any atom is 0.251 e. The molecular formula is C17H22N6OS. The Labute approximate surface area is 150 Å². The molecule has 0 aromatic carbocycles. The standard InChI is InChI=1S/C17H22N6OS/c1-3-6-25-23-12-7-11(8-12)20-15-13-4-5-18-16(13)19-9-14(15)17-22-21-10(2)24-17/h4-5,9,11-12,23H,3,6-8H2,1-2H3,(H2,18,19,20)/t11-,12+. The fraction of sp³-hybridized carbons (Fsp3) is 0.471. The van der Waals surface area contributed by atoms with Crippen molar-refractivity contribution in [2.45, 2.75) is 45.2 Å². The van der Waals surface area contributed by atoms with E-state index in [4.69, 9.17) is 4.42 Å². The molecule has 3 aromatic heterocycles. The van der Waals surface area contributed by atoms with Crippen molar-refractivity contribution in [3.05, 3.63) is 24.4 Å². The highest BCUT2D eigenvalue weighted by molar-refractivity contribution is 7.97. The minimum absolute atomic E-state index is 0.433. The van der Waals surface area contributed by atoms with Crippen molar-refractivity contribution in [3.8, 4) is 11.5 Å². The van der Waals surface area contributed by atoms with Gasteiger partial charge in [0.1, 0.15) is 5.65 Å². The summed E-state index contributed by atoms with van der Waals surface area (Å²) in [6, 6.07) is 3.04. The zero-order valence-electron chi connectivity index (χ0n) is 14.4. The van der Waals surface area contributed by atoms with Gasteiger partial charge in [-0.25, -0.2) is 4.98 Å². The van der Waals surface area contributed by atoms with Crippen LogP contribution in [0.25, 0.3) is 22.5 Å². The molecule has 8 heteroatoms. The van der Waals surface area contributed by atoms with Gasteiger partial charge in [0.2, 0.25) is 5.89 Å². The van der Waals surface area contributed by atoms with Gasteiger partial charge in [0, 0.05) is 42.5 Å². The minimum Gasteiger partial charge on any atom is -0.421 e. The van der Waals surface area contributed by atoms with Gasteiger partial charge in [0.25, 0.3) is 5.89 Å². The Morgan fingerprint density at radius 2 is 2.20 bits per heavy atom. The Hall–Kier alpha value is -2.06. The maximum atomic E-state index is 5.63. The van der Waals surface area contributed by atoms with Crippen LogP contribution in [0.1, 0.15) is 32.1 Å². The van der Waals surface area contributed by atoms with Crippen LogP contribution in [0.4, 0.5) is 5.69 Å². The number of hydrogen-bond acceptors (Lipinski definition) is 7. The molecule has 1 aliphatic carbocycles. The number of fused-ring (bicyclic) bond motifs is 1. The van der Waals surface area contributed by atoms with Crippen LogP contribution in [0.5, 0.6) is 0 Å². The molecular weight excluding hydrogens is 336 g/mol. The van der Waals surface area contributed by atoms with Crippen LogP contribution in [0, 0.1) is 6.92 Å². The second-order valence-corrected chi connectivity index (χ2v) is 7.32. The molecule has 1 saturated carbocycles. The van der Waals surface area contributed by atoms with Crippen LogP contribution < -0.4 is 10.0 Å². The van der Waals surface area contributed by atoms with E-state index in [9.17, 15) is 0 Å². The molecule has 0 atom stereocenters. The lowest BCUT2D eigenvalue weighted by Gasteiger charge is -2.37. The number of rotatable bonds is 7. The lowest BCUT2D eigenvalue weighted by atomic mass is 9.87. The first-order valence-corrected chi connectivity index (χ1v) is 9.63. The highest BCUT2D eigenvalue weighted by Gasteiger charge is 2.30. The first kappa shape index (κ1) is 16.4. The van der Waals surface area contributed by atoms with Crippen molar-refractivity contribution in [2.24, 2.45) is 0 Å². The molecule has 0 saturated heterocycles. The summed E-state index contributed by atoms with van der Waals surface area (Å²) in [4.78, 5) is 7.63. The first-order valence-electron chi connectivity index (χ1n) is 8.65. The summed E-state index contributed by atoms with van der Waals surface area (Å²) >= 11 is 1.83. The van der Waals surface area contributed by atoms with Gasteiger partial charge >= 0.3 is 0 Å². The smallest absolute Gasteiger partial charge is 0.251 e. The number of hydrogen-bond donors (Lipinski definition) is 3. The van der Waals surface area contributed by atoms with Gasteiger partial charge in [0.05, 0.1) is 11.3 Å². The molecule has 0 amide bonds. The number of H-pyrrole nitrogens is 1. The zero-order chi connectivity index (χ0) is 17.2. The summed E-state index contributed by atoms with van der Waals surface area (Å²) in [6.45, 7) is 3.99. The minimum atomic E-state index is 0.433. The van der Waals surface area contributed by atoms with Crippen molar-refractivity contribution >= 4 is 28.7 Å². The number of anilines is 1. The molecule has 132 valence electrons. The first-order chi connectivity index (χ1) is 12.2. The Morgan fingerprint density at radius 3 is 2.96 bits per heavy atom. The van der Waals surface area contributed by atoms with E-state index in [1.54, 1.807) is 13.1 Å². The lowest BCUT2D eigenvalue weighted by molar-refractivity contribution is 0.355. The zero-order valence-corrected chi connectivity index (χ0v) is 15.2. The summed E-state index contributed by atoms with van der Waals surface area (Å²) in [5.41, 5.74) is 2.72. The van der Waals surface area contributed by atoms with Gasteiger partial charge in [0.15, 0.2) is 0 Å². The average molecular weight is 358 g/mol. The van der Waals surface area contributed by atoms with E-state index in [2.05, 4.69) is 37.1 Å². The van der Waals surface area contributed by atoms with Crippen LogP contribution >= 0.6 is 11.9 Å². The Morgan fingerprint density at radius 1 is 1.32 bits per heavy atom. The van der Waals surface area contributed by atoms with Gasteiger partial charge in [-0.3, -0.25) is 4.72 Å². The van der Waals surface area contributed by atoms with E-state index >= 15 is 0 Å². The molecule has 0 radical (unpaired) electrons. The van der Waals surface area contributed by atoms with Crippen molar-refractivity contribution in [1.82, 2.24) is 24.9 Å². The van der Waals surface area contributed by atoms with Gasteiger partial charge in [-0.15, -0.1) is 10.2 Å². The van der Waals surface area contributed by atoms with Gasteiger partial charge in [-0.05, 0) is 25.3 Å². The quantitative estimate of drug-likeness (QED) is 0.440. The van der Waals surface area contributed by atoms with E-state index in [0.29, 0.717) is 23.9 Å². The SMILES string of the molecule is CCCSN[C@H]1C[C@@H](Nc2c(-c3nnc(C)o3)cnc3[nH]ccc23)C1. The molecule has 1 fully saturated rings. The molecule has 0 bridgehead atoms. The van der Waals surface area contributed by atoms with E-state index in [1.807, 2.05) is 24.2 Å². The molecule has 7 nitrogen and oxygen atoms in total. The number of nitrogens with zero attached hydrogens (tertiary/aromatic N) is 3. The number of aryl methyl sites for hydroxylation is 1. The van der Waals surface area contributed by atoms with Crippen molar-refractivity contribution < 1.29 is 4.42 Å². The Bertz CT molecular complexity index is 854. The average Bonchev–Trinajstić information content (AvgIpc) is 3.21. The van der Waals surface area contributed by atoms with Gasteiger partial charge < -0.3 is 14.7 Å². The Kier molecular flexibility index (Phi) is 4.63. The van der Waals surface area contributed by atoms with Crippen LogP contribution in [-0.4, -0.2) is 38.0 Å². The maximum absolute atomic E-state index is 5.63. The molecule has 0 spiro atoms. The summed E-state index contributed by atoms with van der Waals surface area (Å²) < 4.78 is 9.16. The highest BCUT2D eigenvalue weighted by atomic mass is 32.2. The largest absolute Gasteiger partial charge is 0.421 e. The second-order valence-electron chi connectivity index (χ2n) is 6.39. The molecule has 4 rings (SSSR count). The van der Waals surface area contributed by atoms with Crippen LogP contribution in [-0.2, 0) is 0 Å². The molecule has 0 aliphatic heterocycles. The fourth-order valence-electron chi connectivity index (χ4n) is 3.05. The number of pyridine rings is 1. The van der Waals surface area contributed by atoms with E-state index in [1.165, 1.54) is 6.42 Å². The third kappa shape index (κ3) is 3.36. The molecule has 1 aliphatic rings. The monoisotopic (exact) mass is 358 g/mol. The van der Waals surface area contributed by atoms with Crippen LogP contribution in [0.3, 0.4) is 0 Å². The third-order valence-corrected chi connectivity index (χ3v) is 5.50. The normalized spacial score (nSPS) is 19.9. The highest BCUT2D eigenvalue weighted by Crippen LogP contribution is 2.36. The van der Waals surface area contributed by atoms with E-state index in [-0.39, 0.29) is 0 Å². The van der Waals surface area contributed by atoms with Crippen LogP contribution in [0.15, 0.2) is 22.9 Å². The van der Waals surface area contributed by atoms with E-state index in [0.717, 1.165) is 40.9 Å². The second kappa shape index (κ2) is 7.05. The van der Waals surface area contributed by atoms with E-state index < -0.39 is 0 Å². The molecule has 3 N–H and O–H groups in total. The predicted octanol–water partition coefficient (Wildman–Crippen LogP) is 3.51. The molecule has 25 heavy (non-hydrogen) atoms. The molecule has 0 unspecified atom stereocenters. The van der Waals surface area contributed by atoms with Gasteiger partial charge in [-0.1, -0.05) is 18.9 Å². The number of aromatic amines is 1. The van der Waals surface area contributed by atoms with Crippen molar-refractivity contribution in [3.63, 3.8) is 0 Å². The van der Waals surface area contributed by atoms with Crippen molar-refractivity contribution in [1.29, 1.82) is 0 Å². The predicted molar refractivity (Wildman–Crippen MR) is 100 cm³/mol. The topological polar surface area (TPSA) is 91.7 Å². The summed E-state index contributed by atoms with van der Waals surface area (Å²) in [5.74, 6) is 2.21. The number of nitrogens with one attached hydrogen (secondary N) is 3.